The number of carbonyl (C=O) groups is 1. The van der Waals surface area contributed by atoms with E-state index >= 15 is 0 Å². The van der Waals surface area contributed by atoms with Gasteiger partial charge >= 0.3 is 0 Å². The second-order valence-electron chi connectivity index (χ2n) is 4.55. The minimum Gasteiger partial charge on any atom is -0.497 e. The van der Waals surface area contributed by atoms with Crippen LogP contribution in [0.4, 0.5) is 0 Å². The predicted octanol–water partition coefficient (Wildman–Crippen LogP) is 3.51. The van der Waals surface area contributed by atoms with Gasteiger partial charge in [-0.05, 0) is 48.9 Å². The maximum Gasteiger partial charge on any atom is 0.271 e. The van der Waals surface area contributed by atoms with Crippen molar-refractivity contribution in [2.75, 3.05) is 13.7 Å². The van der Waals surface area contributed by atoms with Crippen LogP contribution in [0.3, 0.4) is 0 Å². The molecule has 0 aromatic heterocycles. The fourth-order valence-corrected chi connectivity index (χ4v) is 2.11. The lowest BCUT2D eigenvalue weighted by Crippen LogP contribution is -2.17. The summed E-state index contributed by atoms with van der Waals surface area (Å²) >= 11 is 6.09. The highest BCUT2D eigenvalue weighted by atomic mass is 35.5. The molecule has 1 N–H and O–H groups in total. The van der Waals surface area contributed by atoms with Gasteiger partial charge in [0, 0.05) is 5.56 Å². The molecule has 1 amide bonds. The summed E-state index contributed by atoms with van der Waals surface area (Å²) in [5, 5.41) is 4.42. The minimum atomic E-state index is -0.322. The summed E-state index contributed by atoms with van der Waals surface area (Å²) in [5.41, 5.74) is 3.68. The van der Waals surface area contributed by atoms with Crippen molar-refractivity contribution in [3.8, 4) is 11.5 Å². The molecule has 0 fully saturated rings. The number of hydrogen-bond acceptors (Lipinski definition) is 4. The van der Waals surface area contributed by atoms with E-state index in [1.807, 2.05) is 6.92 Å². The molecule has 2 aromatic rings. The first-order valence-electron chi connectivity index (χ1n) is 7.04. The van der Waals surface area contributed by atoms with E-state index in [2.05, 4.69) is 10.5 Å². The molecule has 0 saturated carbocycles. The molecule has 2 aromatic carbocycles. The number of carbonyl (C=O) groups excluding carboxylic acids is 1. The van der Waals surface area contributed by atoms with E-state index in [1.165, 1.54) is 6.21 Å². The summed E-state index contributed by atoms with van der Waals surface area (Å²) < 4.78 is 10.4. The summed E-state index contributed by atoms with van der Waals surface area (Å²) in [4.78, 5) is 12.0. The first kappa shape index (κ1) is 16.8. The third-order valence-corrected chi connectivity index (χ3v) is 3.26. The van der Waals surface area contributed by atoms with Crippen LogP contribution in [0.1, 0.15) is 22.8 Å². The molecule has 0 aliphatic heterocycles. The Kier molecular flexibility index (Phi) is 6.00. The number of amides is 1. The Hall–Kier alpha value is -2.53. The monoisotopic (exact) mass is 332 g/mol. The topological polar surface area (TPSA) is 59.9 Å². The average Bonchev–Trinajstić information content (AvgIpc) is 2.57. The first-order valence-corrected chi connectivity index (χ1v) is 7.41. The molecule has 0 radical (unpaired) electrons. The van der Waals surface area contributed by atoms with Gasteiger partial charge in [-0.25, -0.2) is 5.43 Å². The van der Waals surface area contributed by atoms with Gasteiger partial charge in [0.15, 0.2) is 0 Å². The first-order chi connectivity index (χ1) is 11.1. The van der Waals surface area contributed by atoms with Crippen LogP contribution in [-0.4, -0.2) is 25.8 Å². The molecule has 2 rings (SSSR count). The minimum absolute atomic E-state index is 0.322. The van der Waals surface area contributed by atoms with Crippen LogP contribution in [0.25, 0.3) is 0 Å². The van der Waals surface area contributed by atoms with E-state index in [0.717, 1.165) is 5.56 Å². The lowest BCUT2D eigenvalue weighted by atomic mass is 10.2. The Balaban J connectivity index is 2.00. The van der Waals surface area contributed by atoms with E-state index in [0.29, 0.717) is 28.7 Å². The average molecular weight is 333 g/mol. The number of nitrogens with zero attached hydrogens (tertiary/aromatic N) is 1. The Morgan fingerprint density at radius 3 is 2.83 bits per heavy atom. The van der Waals surface area contributed by atoms with Crippen molar-refractivity contribution in [2.24, 2.45) is 5.10 Å². The molecule has 0 atom stereocenters. The number of ether oxygens (including phenoxy) is 2. The molecular formula is C17H17ClN2O3. The third-order valence-electron chi connectivity index (χ3n) is 2.97. The fraction of sp³-hybridized carbons (Fsp3) is 0.176. The lowest BCUT2D eigenvalue weighted by Gasteiger charge is -2.05. The molecule has 120 valence electrons. The summed E-state index contributed by atoms with van der Waals surface area (Å²) in [6.07, 6.45) is 1.51. The zero-order valence-electron chi connectivity index (χ0n) is 12.9. The highest BCUT2D eigenvalue weighted by Gasteiger charge is 2.05. The van der Waals surface area contributed by atoms with Crippen LogP contribution in [0.5, 0.6) is 11.5 Å². The summed E-state index contributed by atoms with van der Waals surface area (Å²) in [6.45, 7) is 2.43. The number of halogens is 1. The maximum absolute atomic E-state index is 12.0. The van der Waals surface area contributed by atoms with Gasteiger partial charge < -0.3 is 9.47 Å². The van der Waals surface area contributed by atoms with Crippen molar-refractivity contribution in [3.63, 3.8) is 0 Å². The van der Waals surface area contributed by atoms with Crippen LogP contribution in [-0.2, 0) is 0 Å². The zero-order chi connectivity index (χ0) is 16.7. The Morgan fingerprint density at radius 1 is 1.30 bits per heavy atom. The van der Waals surface area contributed by atoms with Gasteiger partial charge in [-0.3, -0.25) is 4.79 Å². The second kappa shape index (κ2) is 8.19. The maximum atomic E-state index is 12.0. The van der Waals surface area contributed by atoms with E-state index in [9.17, 15) is 4.79 Å². The fourth-order valence-electron chi connectivity index (χ4n) is 1.86. The van der Waals surface area contributed by atoms with Crippen molar-refractivity contribution in [2.45, 2.75) is 6.92 Å². The molecule has 0 bridgehead atoms. The molecular weight excluding hydrogens is 316 g/mol. The van der Waals surface area contributed by atoms with Crippen LogP contribution in [0.2, 0.25) is 5.02 Å². The number of hydrogen-bond donors (Lipinski definition) is 1. The number of rotatable bonds is 6. The van der Waals surface area contributed by atoms with E-state index in [1.54, 1.807) is 49.6 Å². The van der Waals surface area contributed by atoms with Gasteiger partial charge in [-0.15, -0.1) is 0 Å². The van der Waals surface area contributed by atoms with Gasteiger partial charge in [0.25, 0.3) is 5.91 Å². The van der Waals surface area contributed by atoms with Crippen molar-refractivity contribution >= 4 is 23.7 Å². The highest BCUT2D eigenvalue weighted by Crippen LogP contribution is 2.24. The van der Waals surface area contributed by atoms with Crippen LogP contribution < -0.4 is 14.9 Å². The SMILES string of the molecule is CCOc1ccc(/C=N/NC(=O)c2cccc(OC)c2)cc1Cl. The van der Waals surface area contributed by atoms with Crippen LogP contribution >= 0.6 is 11.6 Å². The summed E-state index contributed by atoms with van der Waals surface area (Å²) in [7, 11) is 1.55. The molecule has 0 heterocycles. The molecule has 0 saturated heterocycles. The van der Waals surface area contributed by atoms with Crippen LogP contribution in [0, 0.1) is 0 Å². The van der Waals surface area contributed by atoms with Crippen molar-refractivity contribution < 1.29 is 14.3 Å². The van der Waals surface area contributed by atoms with Gasteiger partial charge in [0.2, 0.25) is 0 Å². The Labute approximate surface area is 139 Å². The van der Waals surface area contributed by atoms with E-state index in [-0.39, 0.29) is 5.91 Å². The second-order valence-corrected chi connectivity index (χ2v) is 4.96. The molecule has 0 aliphatic rings. The molecule has 23 heavy (non-hydrogen) atoms. The van der Waals surface area contributed by atoms with E-state index in [4.69, 9.17) is 21.1 Å². The molecule has 5 nitrogen and oxygen atoms in total. The number of nitrogens with one attached hydrogen (secondary N) is 1. The van der Waals surface area contributed by atoms with Gasteiger partial charge in [-0.2, -0.15) is 5.10 Å². The normalized spacial score (nSPS) is 10.6. The van der Waals surface area contributed by atoms with Gasteiger partial charge in [0.05, 0.1) is 25.0 Å². The smallest absolute Gasteiger partial charge is 0.271 e. The number of benzene rings is 2. The molecule has 0 aliphatic carbocycles. The Bertz CT molecular complexity index is 717. The third kappa shape index (κ3) is 4.72. The standard InChI is InChI=1S/C17H17ClN2O3/c1-3-23-16-8-7-12(9-15(16)18)11-19-20-17(21)13-5-4-6-14(10-13)22-2/h4-11H,3H2,1-2H3,(H,20,21)/b19-11+. The lowest BCUT2D eigenvalue weighted by molar-refractivity contribution is 0.0955. The summed E-state index contributed by atoms with van der Waals surface area (Å²) in [6, 6.07) is 12.1. The number of hydrazone groups is 1. The molecule has 0 unspecified atom stereocenters. The number of methoxy groups -OCH3 is 1. The Morgan fingerprint density at radius 2 is 2.13 bits per heavy atom. The van der Waals surface area contributed by atoms with Crippen molar-refractivity contribution in [3.05, 3.63) is 58.6 Å². The molecule has 0 spiro atoms. The van der Waals surface area contributed by atoms with Crippen molar-refractivity contribution in [1.82, 2.24) is 5.43 Å². The predicted molar refractivity (Wildman–Crippen MR) is 90.7 cm³/mol. The largest absolute Gasteiger partial charge is 0.497 e. The summed E-state index contributed by atoms with van der Waals surface area (Å²) in [5.74, 6) is 0.906. The van der Waals surface area contributed by atoms with Gasteiger partial charge in [0.1, 0.15) is 11.5 Å². The quantitative estimate of drug-likeness (QED) is 0.650. The zero-order valence-corrected chi connectivity index (χ0v) is 13.6. The van der Waals surface area contributed by atoms with Crippen molar-refractivity contribution in [1.29, 1.82) is 0 Å². The van der Waals surface area contributed by atoms with Crippen LogP contribution in [0.15, 0.2) is 47.6 Å². The molecule has 6 heteroatoms. The van der Waals surface area contributed by atoms with Gasteiger partial charge in [-0.1, -0.05) is 17.7 Å². The van der Waals surface area contributed by atoms with E-state index < -0.39 is 0 Å². The highest BCUT2D eigenvalue weighted by molar-refractivity contribution is 6.32.